The first-order valence-electron chi connectivity index (χ1n) is 9.20. The number of carbonyl (C=O) groups is 1. The molecule has 0 atom stereocenters. The van der Waals surface area contributed by atoms with Crippen LogP contribution in [0.25, 0.3) is 0 Å². The van der Waals surface area contributed by atoms with E-state index in [1.165, 1.54) is 40.9 Å². The summed E-state index contributed by atoms with van der Waals surface area (Å²) in [4.78, 5) is 25.4. The molecule has 31 heavy (non-hydrogen) atoms. The van der Waals surface area contributed by atoms with Gasteiger partial charge in [-0.05, 0) is 54.8 Å². The number of fused-ring (bicyclic) bond motifs is 1. The lowest BCUT2D eigenvalue weighted by atomic mass is 10.1. The maximum Gasteiger partial charge on any atom is 0.387 e. The quantitative estimate of drug-likeness (QED) is 0.390. The number of rotatable bonds is 6. The van der Waals surface area contributed by atoms with Crippen molar-refractivity contribution in [3.63, 3.8) is 0 Å². The third kappa shape index (κ3) is 4.24. The van der Waals surface area contributed by atoms with Crippen LogP contribution in [-0.2, 0) is 6.54 Å². The van der Waals surface area contributed by atoms with Crippen molar-refractivity contribution in [1.29, 1.82) is 0 Å². The van der Waals surface area contributed by atoms with E-state index >= 15 is 0 Å². The van der Waals surface area contributed by atoms with Crippen LogP contribution in [0.1, 0.15) is 5.56 Å². The number of nitrogens with zero attached hydrogens (tertiary/aromatic N) is 4. The summed E-state index contributed by atoms with van der Waals surface area (Å²) in [5, 5.41) is 0.520. The fourth-order valence-corrected chi connectivity index (χ4v) is 3.54. The molecule has 2 heterocycles. The molecular formula is C21H18F2N4O3S. The van der Waals surface area contributed by atoms with E-state index in [1.54, 1.807) is 42.5 Å². The second kappa shape index (κ2) is 8.76. The normalized spacial score (nSPS) is 13.4. The fraction of sp³-hybridized carbons (Fsp3) is 0.190. The molecule has 0 bridgehead atoms. The number of alkyl halides is 2. The molecule has 1 aliphatic heterocycles. The summed E-state index contributed by atoms with van der Waals surface area (Å²) in [5.41, 5.74) is 1.89. The molecule has 0 radical (unpaired) electrons. The van der Waals surface area contributed by atoms with E-state index in [-0.39, 0.29) is 18.3 Å². The van der Waals surface area contributed by atoms with Gasteiger partial charge in [0.25, 0.3) is 0 Å². The van der Waals surface area contributed by atoms with E-state index in [1.807, 2.05) is 6.26 Å². The van der Waals surface area contributed by atoms with Crippen LogP contribution >= 0.6 is 11.8 Å². The van der Waals surface area contributed by atoms with Crippen LogP contribution in [0.2, 0.25) is 0 Å². The Balaban J connectivity index is 1.76. The number of thioether (sulfide) groups is 1. The summed E-state index contributed by atoms with van der Waals surface area (Å²) in [6, 6.07) is 12.6. The molecule has 10 heteroatoms. The minimum Gasteiger partial charge on any atom is -0.497 e. The topological polar surface area (TPSA) is 67.8 Å². The van der Waals surface area contributed by atoms with Gasteiger partial charge in [-0.1, -0.05) is 11.8 Å². The van der Waals surface area contributed by atoms with Gasteiger partial charge in [-0.15, -0.1) is 0 Å². The Morgan fingerprint density at radius 2 is 1.68 bits per heavy atom. The van der Waals surface area contributed by atoms with E-state index in [4.69, 9.17) is 4.74 Å². The lowest BCUT2D eigenvalue weighted by Crippen LogP contribution is -2.45. The van der Waals surface area contributed by atoms with Crippen LogP contribution in [0.3, 0.4) is 0 Å². The van der Waals surface area contributed by atoms with Crippen LogP contribution in [0.5, 0.6) is 11.5 Å². The molecule has 0 aliphatic carbocycles. The molecule has 0 spiro atoms. The molecule has 0 saturated carbocycles. The summed E-state index contributed by atoms with van der Waals surface area (Å²) in [6.45, 7) is -2.64. The number of ether oxygens (including phenoxy) is 2. The minimum atomic E-state index is -2.93. The van der Waals surface area contributed by atoms with E-state index < -0.39 is 6.61 Å². The lowest BCUT2D eigenvalue weighted by Gasteiger charge is -2.36. The summed E-state index contributed by atoms with van der Waals surface area (Å²) < 4.78 is 34.6. The molecule has 0 N–H and O–H groups in total. The molecule has 2 aromatic carbocycles. The summed E-state index contributed by atoms with van der Waals surface area (Å²) in [7, 11) is 1.57. The number of methoxy groups -OCH3 is 1. The third-order valence-electron chi connectivity index (χ3n) is 4.67. The maximum atomic E-state index is 13.5. The van der Waals surface area contributed by atoms with Crippen molar-refractivity contribution in [1.82, 2.24) is 9.97 Å². The SMILES string of the molecule is COc1ccc(N2Cc3cnc(SC)nc3N(c3ccc(OC(F)F)cc3)C2=O)cc1. The number of hydrogen-bond donors (Lipinski definition) is 0. The van der Waals surface area contributed by atoms with Gasteiger partial charge in [-0.2, -0.15) is 8.78 Å². The predicted octanol–water partition coefficient (Wildman–Crippen LogP) is 5.09. The van der Waals surface area contributed by atoms with Crippen molar-refractivity contribution in [3.8, 4) is 11.5 Å². The molecular weight excluding hydrogens is 426 g/mol. The first-order chi connectivity index (χ1) is 15.0. The van der Waals surface area contributed by atoms with Gasteiger partial charge >= 0.3 is 12.6 Å². The highest BCUT2D eigenvalue weighted by Crippen LogP contribution is 2.37. The highest BCUT2D eigenvalue weighted by atomic mass is 32.2. The van der Waals surface area contributed by atoms with Crippen molar-refractivity contribution in [3.05, 3.63) is 60.3 Å². The zero-order valence-corrected chi connectivity index (χ0v) is 17.5. The Bertz CT molecular complexity index is 1080. The van der Waals surface area contributed by atoms with Crippen LogP contribution in [0, 0.1) is 0 Å². The van der Waals surface area contributed by atoms with Crippen LogP contribution in [0.4, 0.5) is 30.8 Å². The molecule has 0 saturated heterocycles. The molecule has 3 aromatic rings. The molecule has 1 aliphatic rings. The number of anilines is 3. The Morgan fingerprint density at radius 3 is 2.29 bits per heavy atom. The first kappa shape index (κ1) is 20.9. The highest BCUT2D eigenvalue weighted by Gasteiger charge is 2.34. The molecule has 160 valence electrons. The summed E-state index contributed by atoms with van der Waals surface area (Å²) in [6.07, 6.45) is 3.54. The largest absolute Gasteiger partial charge is 0.497 e. The number of hydrogen-bond acceptors (Lipinski definition) is 6. The second-order valence-electron chi connectivity index (χ2n) is 6.48. The number of amides is 2. The maximum absolute atomic E-state index is 13.5. The first-order valence-corrected chi connectivity index (χ1v) is 10.4. The molecule has 1 aromatic heterocycles. The van der Waals surface area contributed by atoms with Gasteiger partial charge in [0.1, 0.15) is 11.5 Å². The van der Waals surface area contributed by atoms with Crippen LogP contribution in [-0.4, -0.2) is 36.0 Å². The monoisotopic (exact) mass is 444 g/mol. The van der Waals surface area contributed by atoms with Gasteiger partial charge in [0, 0.05) is 17.4 Å². The average molecular weight is 444 g/mol. The van der Waals surface area contributed by atoms with Gasteiger partial charge in [0.15, 0.2) is 11.0 Å². The fourth-order valence-electron chi connectivity index (χ4n) is 3.21. The van der Waals surface area contributed by atoms with Crippen LogP contribution in [0.15, 0.2) is 59.9 Å². The standard InChI is InChI=1S/C21H18F2N4O3S/c1-29-16-7-3-14(4-8-16)26-12-13-11-24-20(31-2)25-18(13)27(21(26)28)15-5-9-17(10-6-15)30-19(22)23/h3-11,19H,12H2,1-2H3. The second-order valence-corrected chi connectivity index (χ2v) is 7.25. The van der Waals surface area contributed by atoms with Gasteiger partial charge < -0.3 is 9.47 Å². The van der Waals surface area contributed by atoms with E-state index in [9.17, 15) is 13.6 Å². The van der Waals surface area contributed by atoms with E-state index in [0.717, 1.165) is 5.56 Å². The average Bonchev–Trinajstić information content (AvgIpc) is 2.79. The molecule has 2 amide bonds. The Hall–Kier alpha value is -3.40. The zero-order chi connectivity index (χ0) is 22.0. The molecule has 7 nitrogen and oxygen atoms in total. The minimum absolute atomic E-state index is 0.00272. The van der Waals surface area contributed by atoms with Gasteiger partial charge in [0.05, 0.1) is 19.3 Å². The molecule has 0 unspecified atom stereocenters. The van der Waals surface area contributed by atoms with Gasteiger partial charge in [-0.25, -0.2) is 19.7 Å². The van der Waals surface area contributed by atoms with Crippen LogP contribution < -0.4 is 19.3 Å². The van der Waals surface area contributed by atoms with E-state index in [2.05, 4.69) is 14.7 Å². The van der Waals surface area contributed by atoms with Crippen molar-refractivity contribution in [2.75, 3.05) is 23.2 Å². The van der Waals surface area contributed by atoms with Crippen molar-refractivity contribution in [2.45, 2.75) is 18.3 Å². The number of benzene rings is 2. The molecule has 0 fully saturated rings. The Labute approximate surface area is 181 Å². The number of carbonyl (C=O) groups excluding carboxylic acids is 1. The van der Waals surface area contributed by atoms with E-state index in [0.29, 0.717) is 28.1 Å². The lowest BCUT2D eigenvalue weighted by molar-refractivity contribution is -0.0498. The number of halogens is 2. The Morgan fingerprint density at radius 1 is 1.03 bits per heavy atom. The smallest absolute Gasteiger partial charge is 0.387 e. The van der Waals surface area contributed by atoms with Crippen molar-refractivity contribution in [2.24, 2.45) is 0 Å². The molecule has 4 rings (SSSR count). The summed E-state index contributed by atoms with van der Waals surface area (Å²) in [5.74, 6) is 1.13. The van der Waals surface area contributed by atoms with Gasteiger partial charge in [0.2, 0.25) is 0 Å². The van der Waals surface area contributed by atoms with Crippen molar-refractivity contribution < 1.29 is 23.0 Å². The summed E-state index contributed by atoms with van der Waals surface area (Å²) >= 11 is 1.36. The zero-order valence-electron chi connectivity index (χ0n) is 16.7. The number of aromatic nitrogens is 2. The predicted molar refractivity (Wildman–Crippen MR) is 114 cm³/mol. The van der Waals surface area contributed by atoms with Gasteiger partial charge in [-0.3, -0.25) is 4.90 Å². The third-order valence-corrected chi connectivity index (χ3v) is 5.23. The van der Waals surface area contributed by atoms with Crippen molar-refractivity contribution >= 4 is 35.0 Å². The number of urea groups is 1. The highest BCUT2D eigenvalue weighted by molar-refractivity contribution is 7.98. The Kier molecular flexibility index (Phi) is 5.90.